The molecule has 1 aliphatic carbocycles. The molecule has 3 rings (SSSR count). The number of benzene rings is 1. The second-order valence-electron chi connectivity index (χ2n) is 5.94. The van der Waals surface area contributed by atoms with Crippen molar-refractivity contribution >= 4 is 11.9 Å². The zero-order chi connectivity index (χ0) is 14.7. The number of ether oxygens (including phenoxy) is 1. The van der Waals surface area contributed by atoms with Gasteiger partial charge in [-0.25, -0.2) is 4.79 Å². The Hall–Kier alpha value is -1.84. The third-order valence-corrected chi connectivity index (χ3v) is 4.37. The van der Waals surface area contributed by atoms with E-state index in [-0.39, 0.29) is 24.3 Å². The van der Waals surface area contributed by atoms with Crippen LogP contribution in [-0.4, -0.2) is 17.9 Å². The minimum atomic E-state index is -0.431. The molecule has 1 saturated carbocycles. The van der Waals surface area contributed by atoms with Crippen LogP contribution in [0.1, 0.15) is 67.0 Å². The van der Waals surface area contributed by atoms with Gasteiger partial charge < -0.3 is 10.1 Å². The van der Waals surface area contributed by atoms with Gasteiger partial charge in [0.2, 0.25) is 5.91 Å². The Morgan fingerprint density at radius 1 is 1.14 bits per heavy atom. The summed E-state index contributed by atoms with van der Waals surface area (Å²) in [6, 6.07) is 7.59. The van der Waals surface area contributed by atoms with E-state index in [1.54, 1.807) is 6.07 Å². The van der Waals surface area contributed by atoms with Crippen molar-refractivity contribution in [1.29, 1.82) is 0 Å². The van der Waals surface area contributed by atoms with Crippen molar-refractivity contribution in [1.82, 2.24) is 5.32 Å². The number of hydrogen-bond acceptors (Lipinski definition) is 3. The molecule has 1 N–H and O–H groups in total. The second-order valence-corrected chi connectivity index (χ2v) is 5.94. The topological polar surface area (TPSA) is 55.4 Å². The van der Waals surface area contributed by atoms with Crippen molar-refractivity contribution in [3.05, 3.63) is 35.4 Å². The maximum Gasteiger partial charge on any atom is 0.339 e. The Bertz CT molecular complexity index is 533. The molecule has 2 aliphatic rings. The van der Waals surface area contributed by atoms with Crippen molar-refractivity contribution in [3.63, 3.8) is 0 Å². The van der Waals surface area contributed by atoms with Gasteiger partial charge in [-0.15, -0.1) is 0 Å². The molecule has 4 nitrogen and oxygen atoms in total. The number of carbonyl (C=O) groups is 2. The highest BCUT2D eigenvalue weighted by atomic mass is 16.5. The van der Waals surface area contributed by atoms with E-state index >= 15 is 0 Å². The third kappa shape index (κ3) is 3.26. The lowest BCUT2D eigenvalue weighted by atomic mass is 10.0. The first-order valence-corrected chi connectivity index (χ1v) is 7.83. The fourth-order valence-corrected chi connectivity index (χ4v) is 3.25. The molecule has 1 aromatic carbocycles. The molecule has 0 radical (unpaired) electrons. The molecule has 0 unspecified atom stereocenters. The summed E-state index contributed by atoms with van der Waals surface area (Å²) in [5, 5.41) is 3.10. The van der Waals surface area contributed by atoms with Crippen molar-refractivity contribution in [2.24, 2.45) is 0 Å². The van der Waals surface area contributed by atoms with Gasteiger partial charge in [0, 0.05) is 11.6 Å². The summed E-state index contributed by atoms with van der Waals surface area (Å²) in [6.45, 7) is 0. The smallest absolute Gasteiger partial charge is 0.339 e. The summed E-state index contributed by atoms with van der Waals surface area (Å²) in [6.07, 6.45) is 6.82. The molecular weight excluding hydrogens is 266 g/mol. The Morgan fingerprint density at radius 2 is 1.86 bits per heavy atom. The van der Waals surface area contributed by atoms with E-state index in [0.717, 1.165) is 18.4 Å². The Morgan fingerprint density at radius 3 is 2.62 bits per heavy atom. The number of amides is 1. The normalized spacial score (nSPS) is 22.3. The number of carbonyl (C=O) groups excluding carboxylic acids is 2. The lowest BCUT2D eigenvalue weighted by Gasteiger charge is -2.17. The number of fused-ring (bicyclic) bond motifs is 1. The quantitative estimate of drug-likeness (QED) is 0.686. The molecular formula is C17H21NO3. The molecule has 112 valence electrons. The summed E-state index contributed by atoms with van der Waals surface area (Å²) in [5.41, 5.74) is 1.42. The molecule has 1 atom stereocenters. The van der Waals surface area contributed by atoms with E-state index in [4.69, 9.17) is 4.74 Å². The molecule has 1 fully saturated rings. The van der Waals surface area contributed by atoms with Gasteiger partial charge >= 0.3 is 5.97 Å². The van der Waals surface area contributed by atoms with E-state index in [2.05, 4.69) is 5.32 Å². The van der Waals surface area contributed by atoms with Gasteiger partial charge in [-0.1, -0.05) is 43.9 Å². The van der Waals surface area contributed by atoms with Crippen LogP contribution in [0.4, 0.5) is 0 Å². The van der Waals surface area contributed by atoms with Crippen LogP contribution in [0.25, 0.3) is 0 Å². The average Bonchev–Trinajstić information content (AvgIpc) is 2.67. The van der Waals surface area contributed by atoms with Crippen LogP contribution in [0, 0.1) is 0 Å². The number of nitrogens with one attached hydrogen (secondary N) is 1. The molecule has 1 aliphatic heterocycles. The molecule has 4 heteroatoms. The molecule has 21 heavy (non-hydrogen) atoms. The highest BCUT2D eigenvalue weighted by molar-refractivity contribution is 5.94. The number of cyclic esters (lactones) is 1. The van der Waals surface area contributed by atoms with E-state index in [0.29, 0.717) is 5.56 Å². The average molecular weight is 287 g/mol. The van der Waals surface area contributed by atoms with Crippen LogP contribution in [-0.2, 0) is 9.53 Å². The van der Waals surface area contributed by atoms with Gasteiger partial charge in [0.15, 0.2) is 0 Å². The second kappa shape index (κ2) is 6.29. The standard InChI is InChI=1S/C17H21NO3/c19-16(18-12-7-3-1-2-4-8-12)11-15-13-9-5-6-10-14(13)17(20)21-15/h5-6,9-10,12,15H,1-4,7-8,11H2,(H,18,19)/t15-/m0/s1. The van der Waals surface area contributed by atoms with Gasteiger partial charge in [-0.3, -0.25) is 4.79 Å². The summed E-state index contributed by atoms with van der Waals surface area (Å²) >= 11 is 0. The lowest BCUT2D eigenvalue weighted by Crippen LogP contribution is -2.35. The van der Waals surface area contributed by atoms with Crippen molar-refractivity contribution in [2.45, 2.75) is 57.1 Å². The van der Waals surface area contributed by atoms with Gasteiger partial charge in [0.1, 0.15) is 6.10 Å². The minimum absolute atomic E-state index is 0.0172. The Kier molecular flexibility index (Phi) is 4.23. The zero-order valence-electron chi connectivity index (χ0n) is 12.1. The third-order valence-electron chi connectivity index (χ3n) is 4.37. The predicted octanol–water partition coefficient (Wildman–Crippen LogP) is 3.13. The molecule has 1 amide bonds. The molecule has 0 saturated heterocycles. The largest absolute Gasteiger partial charge is 0.453 e. The summed E-state index contributed by atoms with van der Waals surface area (Å²) < 4.78 is 5.32. The van der Waals surface area contributed by atoms with Crippen LogP contribution >= 0.6 is 0 Å². The van der Waals surface area contributed by atoms with E-state index in [1.807, 2.05) is 18.2 Å². The minimum Gasteiger partial charge on any atom is -0.453 e. The van der Waals surface area contributed by atoms with E-state index in [9.17, 15) is 9.59 Å². The first-order chi connectivity index (χ1) is 10.2. The Labute approximate surface area is 124 Å². The highest BCUT2D eigenvalue weighted by Crippen LogP contribution is 2.32. The molecule has 1 aromatic rings. The Balaban J connectivity index is 1.59. The van der Waals surface area contributed by atoms with Crippen molar-refractivity contribution < 1.29 is 14.3 Å². The molecule has 0 bridgehead atoms. The van der Waals surface area contributed by atoms with Crippen LogP contribution in [0.15, 0.2) is 24.3 Å². The zero-order valence-corrected chi connectivity index (χ0v) is 12.1. The number of rotatable bonds is 3. The van der Waals surface area contributed by atoms with Crippen LogP contribution in [0.2, 0.25) is 0 Å². The molecule has 0 aromatic heterocycles. The fourth-order valence-electron chi connectivity index (χ4n) is 3.25. The van der Waals surface area contributed by atoms with Gasteiger partial charge in [0.05, 0.1) is 12.0 Å². The fraction of sp³-hybridized carbons (Fsp3) is 0.529. The number of esters is 1. The van der Waals surface area contributed by atoms with Gasteiger partial charge in [-0.05, 0) is 18.9 Å². The SMILES string of the molecule is O=C(C[C@@H]1OC(=O)c2ccccc21)NC1CCCCCC1. The monoisotopic (exact) mass is 287 g/mol. The predicted molar refractivity (Wildman–Crippen MR) is 78.8 cm³/mol. The van der Waals surface area contributed by atoms with Gasteiger partial charge in [0.25, 0.3) is 0 Å². The van der Waals surface area contributed by atoms with E-state index in [1.165, 1.54) is 25.7 Å². The molecule has 0 spiro atoms. The van der Waals surface area contributed by atoms with Crippen LogP contribution in [0.3, 0.4) is 0 Å². The summed E-state index contributed by atoms with van der Waals surface area (Å²) in [4.78, 5) is 23.9. The van der Waals surface area contributed by atoms with Crippen LogP contribution < -0.4 is 5.32 Å². The summed E-state index contributed by atoms with van der Waals surface area (Å²) in [5.74, 6) is -0.339. The van der Waals surface area contributed by atoms with Gasteiger partial charge in [-0.2, -0.15) is 0 Å². The molecule has 1 heterocycles. The van der Waals surface area contributed by atoms with E-state index < -0.39 is 6.10 Å². The number of hydrogen-bond donors (Lipinski definition) is 1. The first-order valence-electron chi connectivity index (χ1n) is 7.83. The van der Waals surface area contributed by atoms with Crippen molar-refractivity contribution in [2.75, 3.05) is 0 Å². The highest BCUT2D eigenvalue weighted by Gasteiger charge is 2.32. The van der Waals surface area contributed by atoms with Crippen molar-refractivity contribution in [3.8, 4) is 0 Å². The lowest BCUT2D eigenvalue weighted by molar-refractivity contribution is -0.123. The maximum atomic E-state index is 12.2. The summed E-state index contributed by atoms with van der Waals surface area (Å²) in [7, 11) is 0. The van der Waals surface area contributed by atoms with Crippen LogP contribution in [0.5, 0.6) is 0 Å². The first kappa shape index (κ1) is 14.1. The maximum absolute atomic E-state index is 12.2.